The van der Waals surface area contributed by atoms with Crippen molar-refractivity contribution in [1.82, 2.24) is 0 Å². The standard InChI is InChI=1S/C7H7BBrNO4/c9-4-5-1-2-7(10(13)14)6(3-5)8(11)12/h1-3,11-12H,4H2. The quantitative estimate of drug-likeness (QED) is 0.351. The van der Waals surface area contributed by atoms with Crippen LogP contribution >= 0.6 is 15.9 Å². The fraction of sp³-hybridized carbons (Fsp3) is 0.143. The number of hydrogen-bond acceptors (Lipinski definition) is 4. The molecule has 74 valence electrons. The monoisotopic (exact) mass is 259 g/mol. The highest BCUT2D eigenvalue weighted by Gasteiger charge is 2.23. The zero-order valence-corrected chi connectivity index (χ0v) is 8.64. The third-order valence-corrected chi connectivity index (χ3v) is 2.37. The van der Waals surface area contributed by atoms with E-state index in [4.69, 9.17) is 10.0 Å². The van der Waals surface area contributed by atoms with Crippen LogP contribution < -0.4 is 5.46 Å². The molecule has 1 rings (SSSR count). The largest absolute Gasteiger partial charge is 0.495 e. The number of nitro groups is 1. The lowest BCUT2D eigenvalue weighted by atomic mass is 9.78. The Kier molecular flexibility index (Phi) is 3.62. The van der Waals surface area contributed by atoms with Crippen molar-refractivity contribution in [2.75, 3.05) is 0 Å². The van der Waals surface area contributed by atoms with Crippen LogP contribution in [-0.4, -0.2) is 22.1 Å². The van der Waals surface area contributed by atoms with Crippen molar-refractivity contribution in [2.45, 2.75) is 5.33 Å². The first-order valence-electron chi connectivity index (χ1n) is 3.75. The van der Waals surface area contributed by atoms with E-state index in [0.29, 0.717) is 5.33 Å². The Morgan fingerprint density at radius 2 is 2.14 bits per heavy atom. The molecule has 0 aromatic heterocycles. The minimum atomic E-state index is -1.82. The number of nitrogens with zero attached hydrogens (tertiary/aromatic N) is 1. The van der Waals surface area contributed by atoms with Gasteiger partial charge in [-0.05, 0) is 5.56 Å². The van der Waals surface area contributed by atoms with Crippen LogP contribution in [0.25, 0.3) is 0 Å². The van der Waals surface area contributed by atoms with Crippen LogP contribution in [0.4, 0.5) is 5.69 Å². The minimum Gasteiger partial charge on any atom is -0.423 e. The van der Waals surface area contributed by atoms with Gasteiger partial charge in [0.05, 0.1) is 10.4 Å². The Hall–Kier alpha value is -0.915. The van der Waals surface area contributed by atoms with E-state index in [9.17, 15) is 10.1 Å². The van der Waals surface area contributed by atoms with Gasteiger partial charge in [0.25, 0.3) is 5.69 Å². The van der Waals surface area contributed by atoms with Crippen LogP contribution in [0.2, 0.25) is 0 Å². The second-order valence-corrected chi connectivity index (χ2v) is 3.22. The number of rotatable bonds is 3. The van der Waals surface area contributed by atoms with Crippen molar-refractivity contribution in [2.24, 2.45) is 0 Å². The summed E-state index contributed by atoms with van der Waals surface area (Å²) in [6.07, 6.45) is 0. The molecule has 0 aliphatic heterocycles. The van der Waals surface area contributed by atoms with Gasteiger partial charge in [0.1, 0.15) is 0 Å². The molecule has 1 aromatic rings. The number of hydrogen-bond donors (Lipinski definition) is 2. The van der Waals surface area contributed by atoms with Gasteiger partial charge in [-0.2, -0.15) is 0 Å². The first kappa shape index (κ1) is 11.2. The molecule has 0 radical (unpaired) electrons. The fourth-order valence-electron chi connectivity index (χ4n) is 1.06. The number of nitro benzene ring substituents is 1. The molecule has 0 fully saturated rings. The summed E-state index contributed by atoms with van der Waals surface area (Å²) in [5.74, 6) is 0. The summed E-state index contributed by atoms with van der Waals surface area (Å²) >= 11 is 3.17. The highest BCUT2D eigenvalue weighted by molar-refractivity contribution is 9.08. The number of benzene rings is 1. The smallest absolute Gasteiger partial charge is 0.423 e. The second-order valence-electron chi connectivity index (χ2n) is 2.66. The highest BCUT2D eigenvalue weighted by Crippen LogP contribution is 2.12. The summed E-state index contributed by atoms with van der Waals surface area (Å²) in [5, 5.41) is 28.8. The van der Waals surface area contributed by atoms with Gasteiger partial charge in [0.15, 0.2) is 0 Å². The third kappa shape index (κ3) is 2.31. The molecule has 0 aliphatic carbocycles. The summed E-state index contributed by atoms with van der Waals surface area (Å²) in [6, 6.07) is 4.20. The molecule has 0 saturated heterocycles. The minimum absolute atomic E-state index is 0.0908. The summed E-state index contributed by atoms with van der Waals surface area (Å²) in [7, 11) is -1.82. The predicted molar refractivity (Wildman–Crippen MR) is 55.6 cm³/mol. The summed E-state index contributed by atoms with van der Waals surface area (Å²) < 4.78 is 0. The molecule has 0 unspecified atom stereocenters. The third-order valence-electron chi connectivity index (χ3n) is 1.72. The van der Waals surface area contributed by atoms with Gasteiger partial charge in [-0.15, -0.1) is 0 Å². The van der Waals surface area contributed by atoms with E-state index in [1.807, 2.05) is 0 Å². The Labute approximate surface area is 88.8 Å². The molecular formula is C7H7BBrNO4. The Morgan fingerprint density at radius 1 is 1.50 bits per heavy atom. The van der Waals surface area contributed by atoms with Gasteiger partial charge in [-0.25, -0.2) is 0 Å². The Morgan fingerprint density at radius 3 is 2.57 bits per heavy atom. The first-order valence-corrected chi connectivity index (χ1v) is 4.87. The van der Waals surface area contributed by atoms with Crippen molar-refractivity contribution in [3.63, 3.8) is 0 Å². The average Bonchev–Trinajstić information content (AvgIpc) is 2.16. The van der Waals surface area contributed by atoms with Gasteiger partial charge in [0.2, 0.25) is 0 Å². The van der Waals surface area contributed by atoms with E-state index in [-0.39, 0.29) is 11.2 Å². The Bertz CT molecular complexity index is 358. The molecule has 0 saturated carbocycles. The maximum absolute atomic E-state index is 10.5. The van der Waals surface area contributed by atoms with Gasteiger partial charge in [-0.3, -0.25) is 10.1 Å². The van der Waals surface area contributed by atoms with Gasteiger partial charge >= 0.3 is 7.12 Å². The number of alkyl halides is 1. The van der Waals surface area contributed by atoms with Crippen LogP contribution in [0.5, 0.6) is 0 Å². The van der Waals surface area contributed by atoms with E-state index in [0.717, 1.165) is 5.56 Å². The van der Waals surface area contributed by atoms with E-state index in [1.54, 1.807) is 6.07 Å². The maximum atomic E-state index is 10.5. The van der Waals surface area contributed by atoms with E-state index >= 15 is 0 Å². The molecule has 14 heavy (non-hydrogen) atoms. The molecule has 5 nitrogen and oxygen atoms in total. The van der Waals surface area contributed by atoms with E-state index in [2.05, 4.69) is 15.9 Å². The SMILES string of the molecule is O=[N+]([O-])c1ccc(CBr)cc1B(O)O. The normalized spacial score (nSPS) is 9.93. The van der Waals surface area contributed by atoms with Gasteiger partial charge < -0.3 is 10.0 Å². The zero-order valence-electron chi connectivity index (χ0n) is 7.05. The molecule has 0 heterocycles. The van der Waals surface area contributed by atoms with Crippen molar-refractivity contribution in [3.8, 4) is 0 Å². The van der Waals surface area contributed by atoms with E-state index in [1.165, 1.54) is 12.1 Å². The molecular weight excluding hydrogens is 253 g/mol. The fourth-order valence-corrected chi connectivity index (χ4v) is 1.41. The summed E-state index contributed by atoms with van der Waals surface area (Å²) in [5.41, 5.74) is 0.371. The molecule has 1 aromatic carbocycles. The summed E-state index contributed by atoms with van der Waals surface area (Å²) in [4.78, 5) is 9.85. The van der Waals surface area contributed by atoms with Crippen molar-refractivity contribution in [3.05, 3.63) is 33.9 Å². The van der Waals surface area contributed by atoms with Crippen LogP contribution in [0.15, 0.2) is 18.2 Å². The lowest BCUT2D eigenvalue weighted by Crippen LogP contribution is -2.32. The summed E-state index contributed by atoms with van der Waals surface area (Å²) in [6.45, 7) is 0. The molecule has 2 N–H and O–H groups in total. The lowest BCUT2D eigenvalue weighted by molar-refractivity contribution is -0.383. The average molecular weight is 260 g/mol. The van der Waals surface area contributed by atoms with Crippen molar-refractivity contribution < 1.29 is 15.0 Å². The van der Waals surface area contributed by atoms with Crippen LogP contribution in [0.3, 0.4) is 0 Å². The topological polar surface area (TPSA) is 83.6 Å². The molecule has 7 heteroatoms. The van der Waals surface area contributed by atoms with Crippen LogP contribution in [0.1, 0.15) is 5.56 Å². The molecule has 0 aliphatic rings. The zero-order chi connectivity index (χ0) is 10.7. The molecule has 0 spiro atoms. The Balaban J connectivity index is 3.24. The van der Waals surface area contributed by atoms with Gasteiger partial charge in [-0.1, -0.05) is 28.1 Å². The highest BCUT2D eigenvalue weighted by atomic mass is 79.9. The maximum Gasteiger partial charge on any atom is 0.495 e. The second kappa shape index (κ2) is 4.54. The first-order chi connectivity index (χ1) is 6.56. The van der Waals surface area contributed by atoms with Crippen molar-refractivity contribution in [1.29, 1.82) is 0 Å². The predicted octanol–water partition coefficient (Wildman–Crippen LogP) is 0.169. The van der Waals surface area contributed by atoms with Crippen LogP contribution in [0, 0.1) is 10.1 Å². The van der Waals surface area contributed by atoms with Crippen molar-refractivity contribution >= 4 is 34.2 Å². The van der Waals surface area contributed by atoms with E-state index < -0.39 is 12.0 Å². The molecule has 0 atom stereocenters. The van der Waals surface area contributed by atoms with Gasteiger partial charge in [0, 0.05) is 11.4 Å². The lowest BCUT2D eigenvalue weighted by Gasteiger charge is -2.03. The number of halogens is 1. The molecule has 0 amide bonds. The van der Waals surface area contributed by atoms with Crippen LogP contribution in [-0.2, 0) is 5.33 Å². The molecule has 0 bridgehead atoms.